The van der Waals surface area contributed by atoms with Crippen molar-refractivity contribution in [3.8, 4) is 16.2 Å². The van der Waals surface area contributed by atoms with Crippen LogP contribution in [0.4, 0.5) is 0 Å². The van der Waals surface area contributed by atoms with E-state index in [0.717, 1.165) is 29.0 Å². The number of aromatic hydroxyl groups is 1. The van der Waals surface area contributed by atoms with E-state index in [-0.39, 0.29) is 43.0 Å². The summed E-state index contributed by atoms with van der Waals surface area (Å²) in [6, 6.07) is 3.59. The van der Waals surface area contributed by atoms with Crippen molar-refractivity contribution < 1.29 is 24.6 Å². The summed E-state index contributed by atoms with van der Waals surface area (Å²) >= 11 is 1.49. The highest BCUT2D eigenvalue weighted by molar-refractivity contribution is 7.13. The number of hydrogen-bond acceptors (Lipinski definition) is 7. The third-order valence-electron chi connectivity index (χ3n) is 6.76. The van der Waals surface area contributed by atoms with Gasteiger partial charge in [-0.05, 0) is 36.8 Å². The Hall–Kier alpha value is -2.98. The minimum absolute atomic E-state index is 0.0247. The van der Waals surface area contributed by atoms with Gasteiger partial charge in [-0.25, -0.2) is 4.98 Å². The molecule has 194 valence electrons. The molecule has 0 spiro atoms. The Morgan fingerprint density at radius 1 is 1.22 bits per heavy atom. The molecule has 3 amide bonds. The molecule has 10 heteroatoms. The van der Waals surface area contributed by atoms with Gasteiger partial charge in [0.25, 0.3) is 0 Å². The second kappa shape index (κ2) is 10.2. The zero-order valence-corrected chi connectivity index (χ0v) is 21.9. The van der Waals surface area contributed by atoms with Gasteiger partial charge in [0.05, 0.1) is 22.2 Å². The number of benzene rings is 1. The number of thiazole rings is 1. The number of β-amino-alcohol motifs (C(OH)–C–C–N with tert-alkyl or cyclic N) is 1. The molecular weight excluding hydrogens is 480 g/mol. The molecular formula is C26H34N4O5S. The third kappa shape index (κ3) is 5.70. The number of hydrogen-bond donors (Lipinski definition) is 4. The van der Waals surface area contributed by atoms with Crippen molar-refractivity contribution in [2.45, 2.75) is 71.7 Å². The number of aliphatic hydroxyl groups is 1. The minimum atomic E-state index is -0.864. The summed E-state index contributed by atoms with van der Waals surface area (Å²) in [5, 5.41) is 26.5. The third-order valence-corrected chi connectivity index (χ3v) is 7.74. The van der Waals surface area contributed by atoms with Gasteiger partial charge in [0.2, 0.25) is 17.7 Å². The first kappa shape index (κ1) is 26.1. The Kier molecular flexibility index (Phi) is 7.38. The summed E-state index contributed by atoms with van der Waals surface area (Å²) in [7, 11) is 0. The van der Waals surface area contributed by atoms with Gasteiger partial charge in [-0.2, -0.15) is 0 Å². The van der Waals surface area contributed by atoms with Crippen molar-refractivity contribution in [2.75, 3.05) is 6.54 Å². The molecule has 1 aromatic heterocycles. The summed E-state index contributed by atoms with van der Waals surface area (Å²) in [6.07, 6.45) is 0.921. The van der Waals surface area contributed by atoms with Crippen LogP contribution in [-0.4, -0.2) is 62.6 Å². The van der Waals surface area contributed by atoms with Gasteiger partial charge in [0.15, 0.2) is 0 Å². The van der Waals surface area contributed by atoms with Crippen LogP contribution in [0.2, 0.25) is 0 Å². The second-order valence-corrected chi connectivity index (χ2v) is 11.7. The summed E-state index contributed by atoms with van der Waals surface area (Å²) in [5.41, 5.74) is 3.45. The fourth-order valence-electron chi connectivity index (χ4n) is 4.46. The monoisotopic (exact) mass is 514 g/mol. The van der Waals surface area contributed by atoms with E-state index in [4.69, 9.17) is 0 Å². The van der Waals surface area contributed by atoms with E-state index in [2.05, 4.69) is 15.6 Å². The molecule has 1 aromatic carbocycles. The topological polar surface area (TPSA) is 132 Å². The highest BCUT2D eigenvalue weighted by atomic mass is 32.1. The standard InChI is InChI=1S/C26H34N4O5S/c1-14-21(36-13-28-14)16-7-8-17(20(32)9-16)11-27-24(34)19-10-18(31)12-30(19)25(35)22(26(2,3)4)29-23(33)15-5-6-15/h7-9,13,15,18-19,22,31-32H,5-6,10-12H2,1-4H3,(H,27,34)(H,29,33)/t18-,19+,22-/m1/s1. The molecule has 1 aliphatic carbocycles. The van der Waals surface area contributed by atoms with Gasteiger partial charge < -0.3 is 25.7 Å². The number of likely N-dealkylation sites (tertiary alicyclic amines) is 1. The zero-order chi connectivity index (χ0) is 26.2. The van der Waals surface area contributed by atoms with E-state index in [1.807, 2.05) is 33.8 Å². The lowest BCUT2D eigenvalue weighted by atomic mass is 9.85. The first-order valence-electron chi connectivity index (χ1n) is 12.2. The van der Waals surface area contributed by atoms with Crippen LogP contribution in [0.3, 0.4) is 0 Å². The molecule has 2 aromatic rings. The molecule has 1 saturated heterocycles. The molecule has 2 fully saturated rings. The van der Waals surface area contributed by atoms with Crippen LogP contribution >= 0.6 is 11.3 Å². The van der Waals surface area contributed by atoms with Gasteiger partial charge in [-0.3, -0.25) is 14.4 Å². The Balaban J connectivity index is 1.44. The van der Waals surface area contributed by atoms with Crippen LogP contribution in [0.25, 0.3) is 10.4 Å². The van der Waals surface area contributed by atoms with Crippen LogP contribution in [0, 0.1) is 18.3 Å². The average Bonchev–Trinajstić information content (AvgIpc) is 3.46. The normalized spacial score (nSPS) is 20.8. The van der Waals surface area contributed by atoms with Crippen LogP contribution in [0.1, 0.15) is 51.3 Å². The number of nitrogens with zero attached hydrogens (tertiary/aromatic N) is 2. The summed E-state index contributed by atoms with van der Waals surface area (Å²) in [6.45, 7) is 7.60. The number of carbonyl (C=O) groups is 3. The number of aliphatic hydroxyl groups excluding tert-OH is 1. The van der Waals surface area contributed by atoms with Gasteiger partial charge in [0, 0.05) is 31.0 Å². The van der Waals surface area contributed by atoms with E-state index in [9.17, 15) is 24.6 Å². The highest BCUT2D eigenvalue weighted by Gasteiger charge is 2.45. The van der Waals surface area contributed by atoms with Crippen molar-refractivity contribution in [3.63, 3.8) is 0 Å². The maximum Gasteiger partial charge on any atom is 0.246 e. The molecule has 3 atom stereocenters. The molecule has 9 nitrogen and oxygen atoms in total. The smallest absolute Gasteiger partial charge is 0.246 e. The van der Waals surface area contributed by atoms with Crippen molar-refractivity contribution in [1.29, 1.82) is 0 Å². The summed E-state index contributed by atoms with van der Waals surface area (Å²) in [4.78, 5) is 45.6. The van der Waals surface area contributed by atoms with Gasteiger partial charge >= 0.3 is 0 Å². The molecule has 1 aliphatic heterocycles. The molecule has 4 N–H and O–H groups in total. The maximum atomic E-state index is 13.5. The zero-order valence-electron chi connectivity index (χ0n) is 21.1. The number of aryl methyl sites for hydroxylation is 1. The number of aromatic nitrogens is 1. The lowest BCUT2D eigenvalue weighted by molar-refractivity contribution is -0.144. The highest BCUT2D eigenvalue weighted by Crippen LogP contribution is 2.33. The van der Waals surface area contributed by atoms with Gasteiger partial charge in [-0.15, -0.1) is 11.3 Å². The molecule has 4 rings (SSSR count). The van der Waals surface area contributed by atoms with Crippen LogP contribution in [0.5, 0.6) is 5.75 Å². The first-order valence-corrected chi connectivity index (χ1v) is 13.1. The van der Waals surface area contributed by atoms with E-state index in [0.29, 0.717) is 5.56 Å². The van der Waals surface area contributed by atoms with Crippen molar-refractivity contribution >= 4 is 29.1 Å². The van der Waals surface area contributed by atoms with Crippen LogP contribution in [-0.2, 0) is 20.9 Å². The summed E-state index contributed by atoms with van der Waals surface area (Å²) < 4.78 is 0. The van der Waals surface area contributed by atoms with Gasteiger partial charge in [-0.1, -0.05) is 32.9 Å². The lowest BCUT2D eigenvalue weighted by Crippen LogP contribution is -2.58. The average molecular weight is 515 g/mol. The molecule has 0 bridgehead atoms. The number of phenolic OH excluding ortho intramolecular Hbond substituents is 1. The molecule has 2 heterocycles. The van der Waals surface area contributed by atoms with Gasteiger partial charge in [0.1, 0.15) is 17.8 Å². The Morgan fingerprint density at radius 3 is 2.53 bits per heavy atom. The predicted octanol–water partition coefficient (Wildman–Crippen LogP) is 2.34. The summed E-state index contributed by atoms with van der Waals surface area (Å²) in [5.74, 6) is -0.930. The van der Waals surface area contributed by atoms with E-state index in [1.165, 1.54) is 16.2 Å². The molecule has 36 heavy (non-hydrogen) atoms. The second-order valence-electron chi connectivity index (χ2n) is 10.8. The predicted molar refractivity (Wildman–Crippen MR) is 136 cm³/mol. The SMILES string of the molecule is Cc1ncsc1-c1ccc(CNC(=O)[C@@H]2C[C@@H](O)CN2C(=O)[C@@H](NC(=O)C2CC2)C(C)(C)C)c(O)c1. The first-order chi connectivity index (χ1) is 17.0. The minimum Gasteiger partial charge on any atom is -0.508 e. The Labute approximate surface area is 214 Å². The van der Waals surface area contributed by atoms with Crippen LogP contribution < -0.4 is 10.6 Å². The number of phenols is 1. The fourth-order valence-corrected chi connectivity index (χ4v) is 5.26. The number of nitrogens with one attached hydrogen (secondary N) is 2. The molecule has 0 radical (unpaired) electrons. The van der Waals surface area contributed by atoms with Crippen molar-refractivity contribution in [1.82, 2.24) is 20.5 Å². The maximum absolute atomic E-state index is 13.5. The van der Waals surface area contributed by atoms with E-state index in [1.54, 1.807) is 17.6 Å². The van der Waals surface area contributed by atoms with Crippen LogP contribution in [0.15, 0.2) is 23.7 Å². The Morgan fingerprint density at radius 2 is 1.94 bits per heavy atom. The quantitative estimate of drug-likeness (QED) is 0.449. The molecule has 2 aliphatic rings. The van der Waals surface area contributed by atoms with E-state index < -0.39 is 29.5 Å². The number of carbonyl (C=O) groups excluding carboxylic acids is 3. The van der Waals surface area contributed by atoms with Crippen molar-refractivity contribution in [3.05, 3.63) is 35.0 Å². The largest absolute Gasteiger partial charge is 0.508 e. The fraction of sp³-hybridized carbons (Fsp3) is 0.538. The van der Waals surface area contributed by atoms with E-state index >= 15 is 0 Å². The molecule has 0 unspecified atom stereocenters. The lowest BCUT2D eigenvalue weighted by Gasteiger charge is -2.35. The Bertz CT molecular complexity index is 1150. The number of amides is 3. The number of rotatable bonds is 7. The molecule has 1 saturated carbocycles. The van der Waals surface area contributed by atoms with Crippen molar-refractivity contribution in [2.24, 2.45) is 11.3 Å².